The van der Waals surface area contributed by atoms with E-state index >= 15 is 0 Å². The summed E-state index contributed by atoms with van der Waals surface area (Å²) in [5, 5.41) is 3.05. The summed E-state index contributed by atoms with van der Waals surface area (Å²) in [6.07, 6.45) is 0.585. The van der Waals surface area contributed by atoms with E-state index in [9.17, 15) is 13.2 Å². The number of hydrogen-bond donors (Lipinski definition) is 1. The van der Waals surface area contributed by atoms with Crippen molar-refractivity contribution in [3.8, 4) is 16.9 Å². The third-order valence-corrected chi connectivity index (χ3v) is 7.73. The van der Waals surface area contributed by atoms with Crippen molar-refractivity contribution in [1.82, 2.24) is 5.32 Å². The van der Waals surface area contributed by atoms with Gasteiger partial charge < -0.3 is 10.1 Å². The molecule has 3 aromatic rings. The summed E-state index contributed by atoms with van der Waals surface area (Å²) in [5.41, 5.74) is 2.40. The quantitative estimate of drug-likeness (QED) is 0.649. The maximum absolute atomic E-state index is 13.4. The summed E-state index contributed by atoms with van der Waals surface area (Å²) in [6, 6.07) is 21.5. The lowest BCUT2D eigenvalue weighted by molar-refractivity contribution is -0.120. The Kier molecular flexibility index (Phi) is 4.74. The molecule has 1 amide bonds. The standard InChI is InChI=1S/C25H24N2O4S/c1-25(2)15-20(19-11-4-7-13-22(19)31-25)26-24(28)16-27-21-12-6-3-9-17(21)18-10-5-8-14-23(18)32(27,29)30/h3-14,20H,15-16H2,1-2H3,(H,26,28)/t20-/m0/s1. The van der Waals surface area contributed by atoms with Gasteiger partial charge in [0.2, 0.25) is 5.91 Å². The van der Waals surface area contributed by atoms with Gasteiger partial charge in [-0.25, -0.2) is 8.42 Å². The Morgan fingerprint density at radius 2 is 1.66 bits per heavy atom. The highest BCUT2D eigenvalue weighted by molar-refractivity contribution is 7.93. The third kappa shape index (κ3) is 3.42. The van der Waals surface area contributed by atoms with Crippen molar-refractivity contribution in [1.29, 1.82) is 0 Å². The molecule has 2 aliphatic heterocycles. The number of benzene rings is 3. The zero-order chi connectivity index (χ0) is 22.5. The SMILES string of the molecule is CC1(C)C[C@H](NC(=O)CN2c3ccccc3-c3ccccc3S2(=O)=O)c2ccccc2O1. The summed E-state index contributed by atoms with van der Waals surface area (Å²) in [5.74, 6) is 0.374. The van der Waals surface area contributed by atoms with Crippen LogP contribution in [0.1, 0.15) is 31.9 Å². The molecule has 0 unspecified atom stereocenters. The monoisotopic (exact) mass is 448 g/mol. The molecule has 6 nitrogen and oxygen atoms in total. The van der Waals surface area contributed by atoms with Crippen LogP contribution in [-0.2, 0) is 14.8 Å². The number of nitrogens with zero attached hydrogens (tertiary/aromatic N) is 1. The van der Waals surface area contributed by atoms with Gasteiger partial charge in [-0.3, -0.25) is 9.10 Å². The number of ether oxygens (including phenoxy) is 1. The van der Waals surface area contributed by atoms with Crippen molar-refractivity contribution >= 4 is 21.6 Å². The summed E-state index contributed by atoms with van der Waals surface area (Å²) < 4.78 is 34.1. The molecule has 5 rings (SSSR count). The van der Waals surface area contributed by atoms with Crippen molar-refractivity contribution in [2.24, 2.45) is 0 Å². The van der Waals surface area contributed by atoms with E-state index in [1.165, 1.54) is 4.31 Å². The number of carbonyl (C=O) groups excluding carboxylic acids is 1. The lowest BCUT2D eigenvalue weighted by Crippen LogP contribution is -2.46. The number of sulfonamides is 1. The fourth-order valence-corrected chi connectivity index (χ4v) is 6.20. The summed E-state index contributed by atoms with van der Waals surface area (Å²) in [7, 11) is -3.87. The van der Waals surface area contributed by atoms with Crippen molar-refractivity contribution < 1.29 is 17.9 Å². The maximum Gasteiger partial charge on any atom is 0.265 e. The molecule has 164 valence electrons. The predicted molar refractivity (Wildman–Crippen MR) is 123 cm³/mol. The molecule has 1 atom stereocenters. The van der Waals surface area contributed by atoms with E-state index in [4.69, 9.17) is 4.74 Å². The molecule has 0 fully saturated rings. The molecule has 0 aliphatic carbocycles. The van der Waals surface area contributed by atoms with Crippen LogP contribution in [0.3, 0.4) is 0 Å². The minimum absolute atomic E-state index is 0.212. The second kappa shape index (κ2) is 7.38. The van der Waals surface area contributed by atoms with Crippen LogP contribution >= 0.6 is 0 Å². The number of rotatable bonds is 3. The highest BCUT2D eigenvalue weighted by atomic mass is 32.2. The minimum Gasteiger partial charge on any atom is -0.487 e. The second-order valence-corrected chi connectivity index (χ2v) is 10.6. The number of carbonyl (C=O) groups is 1. The lowest BCUT2D eigenvalue weighted by Gasteiger charge is -2.38. The smallest absolute Gasteiger partial charge is 0.265 e. The number of nitrogens with one attached hydrogen (secondary N) is 1. The van der Waals surface area contributed by atoms with Gasteiger partial charge >= 0.3 is 0 Å². The molecule has 0 spiro atoms. The van der Waals surface area contributed by atoms with Gasteiger partial charge in [0, 0.05) is 23.1 Å². The van der Waals surface area contributed by atoms with E-state index < -0.39 is 15.6 Å². The van der Waals surface area contributed by atoms with Gasteiger partial charge in [-0.15, -0.1) is 0 Å². The van der Waals surface area contributed by atoms with Crippen LogP contribution in [0, 0.1) is 0 Å². The van der Waals surface area contributed by atoms with E-state index in [0.717, 1.165) is 16.9 Å². The lowest BCUT2D eigenvalue weighted by atomic mass is 9.89. The highest BCUT2D eigenvalue weighted by Crippen LogP contribution is 2.43. The van der Waals surface area contributed by atoms with Crippen LogP contribution in [0.2, 0.25) is 0 Å². The number of amides is 1. The maximum atomic E-state index is 13.4. The normalized spacial score (nSPS) is 19.7. The Morgan fingerprint density at radius 3 is 2.47 bits per heavy atom. The third-order valence-electron chi connectivity index (χ3n) is 5.92. The van der Waals surface area contributed by atoms with Crippen LogP contribution in [0.15, 0.2) is 77.7 Å². The Morgan fingerprint density at radius 1 is 1.00 bits per heavy atom. The van der Waals surface area contributed by atoms with E-state index in [1.54, 1.807) is 30.3 Å². The van der Waals surface area contributed by atoms with Gasteiger partial charge in [-0.2, -0.15) is 0 Å². The van der Waals surface area contributed by atoms with Gasteiger partial charge in [0.25, 0.3) is 10.0 Å². The molecule has 0 bridgehead atoms. The van der Waals surface area contributed by atoms with Gasteiger partial charge in [0.15, 0.2) is 0 Å². The summed E-state index contributed by atoms with van der Waals surface area (Å²) >= 11 is 0. The Bertz CT molecular complexity index is 1320. The first-order chi connectivity index (χ1) is 15.3. The number of anilines is 1. The van der Waals surface area contributed by atoms with E-state index in [2.05, 4.69) is 5.32 Å². The van der Waals surface area contributed by atoms with Crippen molar-refractivity contribution in [3.05, 3.63) is 78.4 Å². The van der Waals surface area contributed by atoms with E-state index in [1.807, 2.05) is 56.3 Å². The van der Waals surface area contributed by atoms with E-state index in [0.29, 0.717) is 17.7 Å². The summed E-state index contributed by atoms with van der Waals surface area (Å²) in [4.78, 5) is 13.4. The number of para-hydroxylation sites is 2. The van der Waals surface area contributed by atoms with Crippen molar-refractivity contribution in [2.75, 3.05) is 10.8 Å². The molecular formula is C25H24N2O4S. The molecule has 7 heteroatoms. The van der Waals surface area contributed by atoms with Gasteiger partial charge in [-0.1, -0.05) is 54.6 Å². The van der Waals surface area contributed by atoms with Gasteiger partial charge in [-0.05, 0) is 32.0 Å². The zero-order valence-corrected chi connectivity index (χ0v) is 18.7. The summed E-state index contributed by atoms with van der Waals surface area (Å²) in [6.45, 7) is 3.66. The molecule has 0 saturated carbocycles. The van der Waals surface area contributed by atoms with Crippen LogP contribution < -0.4 is 14.4 Å². The highest BCUT2D eigenvalue weighted by Gasteiger charge is 2.38. The van der Waals surface area contributed by atoms with Gasteiger partial charge in [0.1, 0.15) is 17.9 Å². The second-order valence-electron chi connectivity index (χ2n) is 8.75. The van der Waals surface area contributed by atoms with Crippen LogP contribution in [0.4, 0.5) is 5.69 Å². The Labute approximate surface area is 187 Å². The van der Waals surface area contributed by atoms with E-state index in [-0.39, 0.29) is 23.4 Å². The first-order valence-corrected chi connectivity index (χ1v) is 12.0. The molecule has 0 radical (unpaired) electrons. The minimum atomic E-state index is -3.87. The molecule has 3 aromatic carbocycles. The topological polar surface area (TPSA) is 75.7 Å². The van der Waals surface area contributed by atoms with Crippen LogP contribution in [0.25, 0.3) is 11.1 Å². The average molecular weight is 449 g/mol. The molecule has 0 aromatic heterocycles. The fraction of sp³-hybridized carbons (Fsp3) is 0.240. The van der Waals surface area contributed by atoms with Crippen molar-refractivity contribution in [2.45, 2.75) is 36.8 Å². The first-order valence-electron chi connectivity index (χ1n) is 10.5. The molecule has 1 N–H and O–H groups in total. The van der Waals surface area contributed by atoms with Crippen LogP contribution in [-0.4, -0.2) is 26.5 Å². The predicted octanol–water partition coefficient (Wildman–Crippen LogP) is 4.28. The number of hydrogen-bond acceptors (Lipinski definition) is 4. The number of fused-ring (bicyclic) bond motifs is 4. The zero-order valence-electron chi connectivity index (χ0n) is 17.9. The first kappa shape index (κ1) is 20.6. The molecule has 32 heavy (non-hydrogen) atoms. The van der Waals surface area contributed by atoms with Crippen LogP contribution in [0.5, 0.6) is 5.75 Å². The molecular weight excluding hydrogens is 424 g/mol. The van der Waals surface area contributed by atoms with Crippen molar-refractivity contribution in [3.63, 3.8) is 0 Å². The van der Waals surface area contributed by atoms with Gasteiger partial charge in [0.05, 0.1) is 16.6 Å². The largest absolute Gasteiger partial charge is 0.487 e. The fourth-order valence-electron chi connectivity index (χ4n) is 4.55. The average Bonchev–Trinajstić information content (AvgIpc) is 2.76. The Balaban J connectivity index is 1.47. The molecule has 0 saturated heterocycles. The molecule has 2 heterocycles. The molecule has 2 aliphatic rings. The Hall–Kier alpha value is -3.32.